The van der Waals surface area contributed by atoms with Crippen molar-refractivity contribution in [1.29, 1.82) is 0 Å². The van der Waals surface area contributed by atoms with E-state index in [0.717, 1.165) is 5.56 Å². The topological polar surface area (TPSA) is 76.7 Å². The third kappa shape index (κ3) is 3.60. The number of hydrogen-bond donors (Lipinski definition) is 2. The molecule has 2 aromatic carbocycles. The van der Waals surface area contributed by atoms with Gasteiger partial charge in [-0.25, -0.2) is 0 Å². The molecule has 0 saturated carbocycles. The van der Waals surface area contributed by atoms with Gasteiger partial charge in [-0.05, 0) is 29.8 Å². The van der Waals surface area contributed by atoms with E-state index in [4.69, 9.17) is 9.47 Å². The molecule has 0 radical (unpaired) electrons. The lowest BCUT2D eigenvalue weighted by molar-refractivity contribution is -0.118. The largest absolute Gasteiger partial charge is 0.497 e. The number of methoxy groups -OCH3 is 1. The van der Waals surface area contributed by atoms with Crippen molar-refractivity contribution in [3.05, 3.63) is 48.0 Å². The van der Waals surface area contributed by atoms with Gasteiger partial charge in [-0.15, -0.1) is 0 Å². The van der Waals surface area contributed by atoms with Crippen LogP contribution in [0.5, 0.6) is 11.5 Å². The highest BCUT2D eigenvalue weighted by atomic mass is 16.5. The number of fused-ring (bicyclic) bond motifs is 1. The highest BCUT2D eigenvalue weighted by Crippen LogP contribution is 2.28. The van der Waals surface area contributed by atoms with Crippen LogP contribution in [0.4, 0.5) is 11.4 Å². The van der Waals surface area contributed by atoms with Crippen molar-refractivity contribution in [3.8, 4) is 11.5 Å². The van der Waals surface area contributed by atoms with Crippen molar-refractivity contribution >= 4 is 23.2 Å². The maximum absolute atomic E-state index is 12.1. The van der Waals surface area contributed by atoms with E-state index in [-0.39, 0.29) is 24.8 Å². The summed E-state index contributed by atoms with van der Waals surface area (Å²) in [4.78, 5) is 23.5. The minimum absolute atomic E-state index is 0.0165. The summed E-state index contributed by atoms with van der Waals surface area (Å²) in [5.41, 5.74) is 2.05. The van der Waals surface area contributed by atoms with Gasteiger partial charge < -0.3 is 20.1 Å². The fraction of sp³-hybridized carbons (Fsp3) is 0.176. The van der Waals surface area contributed by atoms with Crippen LogP contribution in [0.25, 0.3) is 0 Å². The zero-order chi connectivity index (χ0) is 16.2. The second-order valence-electron chi connectivity index (χ2n) is 5.12. The van der Waals surface area contributed by atoms with E-state index in [9.17, 15) is 9.59 Å². The summed E-state index contributed by atoms with van der Waals surface area (Å²) in [5.74, 6) is 0.940. The molecule has 0 bridgehead atoms. The molecule has 6 nitrogen and oxygen atoms in total. The second-order valence-corrected chi connectivity index (χ2v) is 5.12. The highest BCUT2D eigenvalue weighted by Gasteiger charge is 2.16. The van der Waals surface area contributed by atoms with Crippen LogP contribution in [-0.4, -0.2) is 25.5 Å². The third-order valence-corrected chi connectivity index (χ3v) is 3.40. The molecule has 1 aliphatic rings. The predicted molar refractivity (Wildman–Crippen MR) is 85.9 cm³/mol. The summed E-state index contributed by atoms with van der Waals surface area (Å²) in [6.45, 7) is 0.0165. The zero-order valence-corrected chi connectivity index (χ0v) is 12.6. The van der Waals surface area contributed by atoms with Crippen LogP contribution < -0.4 is 20.1 Å². The third-order valence-electron chi connectivity index (χ3n) is 3.40. The summed E-state index contributed by atoms with van der Waals surface area (Å²) >= 11 is 0. The van der Waals surface area contributed by atoms with Crippen LogP contribution in [0.3, 0.4) is 0 Å². The maximum atomic E-state index is 12.1. The number of amides is 2. The number of ether oxygens (including phenoxy) is 2. The van der Waals surface area contributed by atoms with Crippen LogP contribution in [0.2, 0.25) is 0 Å². The van der Waals surface area contributed by atoms with E-state index >= 15 is 0 Å². The predicted octanol–water partition coefficient (Wildman–Crippen LogP) is 2.21. The van der Waals surface area contributed by atoms with E-state index in [1.165, 1.54) is 0 Å². The van der Waals surface area contributed by atoms with Crippen LogP contribution in [0.1, 0.15) is 5.56 Å². The number of carbonyl (C=O) groups is 2. The van der Waals surface area contributed by atoms with E-state index in [1.54, 1.807) is 37.4 Å². The van der Waals surface area contributed by atoms with Crippen molar-refractivity contribution in [2.45, 2.75) is 6.42 Å². The van der Waals surface area contributed by atoms with Gasteiger partial charge in [0.2, 0.25) is 5.91 Å². The molecule has 0 atom stereocenters. The fourth-order valence-electron chi connectivity index (χ4n) is 2.33. The lowest BCUT2D eigenvalue weighted by Gasteiger charge is -2.18. The number of rotatable bonds is 4. The van der Waals surface area contributed by atoms with Crippen molar-refractivity contribution < 1.29 is 19.1 Å². The van der Waals surface area contributed by atoms with Crippen LogP contribution >= 0.6 is 0 Å². The molecule has 1 heterocycles. The molecule has 118 valence electrons. The second kappa shape index (κ2) is 6.39. The molecule has 6 heteroatoms. The molecule has 1 aliphatic heterocycles. The Morgan fingerprint density at radius 1 is 1.30 bits per heavy atom. The first-order valence-corrected chi connectivity index (χ1v) is 7.13. The Morgan fingerprint density at radius 3 is 3.00 bits per heavy atom. The minimum atomic E-state index is -0.199. The van der Waals surface area contributed by atoms with Gasteiger partial charge >= 0.3 is 0 Å². The van der Waals surface area contributed by atoms with Crippen molar-refractivity contribution in [2.75, 3.05) is 24.4 Å². The summed E-state index contributed by atoms with van der Waals surface area (Å²) in [6, 6.07) is 12.5. The molecule has 0 fully saturated rings. The first kappa shape index (κ1) is 14.9. The average molecular weight is 312 g/mol. The number of carbonyl (C=O) groups excluding carboxylic acids is 2. The van der Waals surface area contributed by atoms with Gasteiger partial charge in [0.25, 0.3) is 5.91 Å². The monoisotopic (exact) mass is 312 g/mol. The molecule has 2 amide bonds. The molecule has 0 unspecified atom stereocenters. The molecule has 0 saturated heterocycles. The molecule has 0 spiro atoms. The fourth-order valence-corrected chi connectivity index (χ4v) is 2.33. The van der Waals surface area contributed by atoms with E-state index in [2.05, 4.69) is 10.6 Å². The first-order valence-electron chi connectivity index (χ1n) is 7.13. The van der Waals surface area contributed by atoms with E-state index in [0.29, 0.717) is 22.9 Å². The van der Waals surface area contributed by atoms with E-state index < -0.39 is 0 Å². The molecule has 0 aliphatic carbocycles. The number of nitrogens with one attached hydrogen (secondary N) is 2. The van der Waals surface area contributed by atoms with Crippen molar-refractivity contribution in [3.63, 3.8) is 0 Å². The van der Waals surface area contributed by atoms with Gasteiger partial charge in [0.1, 0.15) is 11.5 Å². The van der Waals surface area contributed by atoms with Gasteiger partial charge in [0, 0.05) is 11.8 Å². The van der Waals surface area contributed by atoms with Crippen LogP contribution in [-0.2, 0) is 16.0 Å². The Kier molecular flexibility index (Phi) is 4.14. The first-order chi connectivity index (χ1) is 11.1. The Morgan fingerprint density at radius 2 is 2.17 bits per heavy atom. The number of hydrogen-bond acceptors (Lipinski definition) is 4. The normalized spacial score (nSPS) is 12.7. The van der Waals surface area contributed by atoms with Gasteiger partial charge in [0.05, 0.1) is 19.2 Å². The van der Waals surface area contributed by atoms with Crippen LogP contribution in [0, 0.1) is 0 Å². The van der Waals surface area contributed by atoms with Crippen molar-refractivity contribution in [2.24, 2.45) is 0 Å². The lowest BCUT2D eigenvalue weighted by atomic mass is 10.1. The van der Waals surface area contributed by atoms with E-state index in [1.807, 2.05) is 12.1 Å². The Hall–Kier alpha value is -3.02. The average Bonchev–Trinajstić information content (AvgIpc) is 2.54. The molecule has 2 N–H and O–H groups in total. The van der Waals surface area contributed by atoms with Gasteiger partial charge in [0.15, 0.2) is 6.61 Å². The number of anilines is 2. The molecular formula is C17H16N2O4. The smallest absolute Gasteiger partial charge is 0.262 e. The van der Waals surface area contributed by atoms with Gasteiger partial charge in [-0.3, -0.25) is 9.59 Å². The standard InChI is InChI=1S/C17H16N2O4/c1-22-13-4-2-3-12(9-13)18-16(20)8-11-5-6-15-14(7-11)19-17(21)10-23-15/h2-7,9H,8,10H2,1H3,(H,18,20)(H,19,21). The Balaban J connectivity index is 1.68. The lowest BCUT2D eigenvalue weighted by Crippen LogP contribution is -2.25. The SMILES string of the molecule is COc1cccc(NC(=O)Cc2ccc3c(c2)NC(=O)CO3)c1. The Bertz CT molecular complexity index is 758. The molecular weight excluding hydrogens is 296 g/mol. The van der Waals surface area contributed by atoms with Crippen LogP contribution in [0.15, 0.2) is 42.5 Å². The van der Waals surface area contributed by atoms with Gasteiger partial charge in [-0.1, -0.05) is 12.1 Å². The maximum Gasteiger partial charge on any atom is 0.262 e. The summed E-state index contributed by atoms with van der Waals surface area (Å²) in [7, 11) is 1.57. The minimum Gasteiger partial charge on any atom is -0.497 e. The van der Waals surface area contributed by atoms with Crippen molar-refractivity contribution in [1.82, 2.24) is 0 Å². The summed E-state index contributed by atoms with van der Waals surface area (Å²) < 4.78 is 10.4. The molecule has 3 rings (SSSR count). The Labute approximate surface area is 133 Å². The van der Waals surface area contributed by atoms with Gasteiger partial charge in [-0.2, -0.15) is 0 Å². The quantitative estimate of drug-likeness (QED) is 0.907. The number of benzene rings is 2. The summed E-state index contributed by atoms with van der Waals surface area (Å²) in [6.07, 6.45) is 0.195. The zero-order valence-electron chi connectivity index (χ0n) is 12.6. The molecule has 23 heavy (non-hydrogen) atoms. The molecule has 0 aromatic heterocycles. The highest BCUT2D eigenvalue weighted by molar-refractivity contribution is 5.96. The summed E-state index contributed by atoms with van der Waals surface area (Å²) in [5, 5.41) is 5.54. The molecule has 2 aromatic rings.